The van der Waals surface area contributed by atoms with Gasteiger partial charge in [0.2, 0.25) is 0 Å². The summed E-state index contributed by atoms with van der Waals surface area (Å²) in [6, 6.07) is 0. The largest absolute Gasteiger partial charge is 0.481 e. The number of carboxylic acids is 1. The minimum atomic E-state index is -0.881. The lowest BCUT2D eigenvalue weighted by atomic mass is 10.3. The van der Waals surface area contributed by atoms with Crippen molar-refractivity contribution in [3.63, 3.8) is 0 Å². The van der Waals surface area contributed by atoms with Crippen molar-refractivity contribution in [2.24, 2.45) is 0 Å². The Morgan fingerprint density at radius 2 is 1.70 bits per heavy atom. The first kappa shape index (κ1) is 12.5. The van der Waals surface area contributed by atoms with Gasteiger partial charge in [0, 0.05) is 0 Å². The van der Waals surface area contributed by atoms with Crippen LogP contribution in [0.2, 0.25) is 0 Å². The Kier molecular flexibility index (Phi) is 14.5. The highest BCUT2D eigenvalue weighted by atomic mass is 32.1. The molecule has 3 heteroatoms. The Hall–Kier alpha value is -0.180. The van der Waals surface area contributed by atoms with Crippen molar-refractivity contribution in [1.29, 1.82) is 0 Å². The molecular weight excluding hydrogens is 148 g/mol. The van der Waals surface area contributed by atoms with Crippen LogP contribution in [0.3, 0.4) is 0 Å². The second-order valence-corrected chi connectivity index (χ2v) is 2.22. The van der Waals surface area contributed by atoms with Crippen LogP contribution in [0.4, 0.5) is 0 Å². The second-order valence-electron chi connectivity index (χ2n) is 1.91. The molecule has 0 aliphatic heterocycles. The predicted molar refractivity (Wildman–Crippen MR) is 46.7 cm³/mol. The summed E-state index contributed by atoms with van der Waals surface area (Å²) >= 11 is 3.42. The van der Waals surface area contributed by atoms with Gasteiger partial charge < -0.3 is 5.11 Å². The quantitative estimate of drug-likeness (QED) is 0.627. The molecule has 62 valence electrons. The van der Waals surface area contributed by atoms with Crippen LogP contribution in [0, 0.1) is 0 Å². The van der Waals surface area contributed by atoms with E-state index in [1.807, 2.05) is 0 Å². The Morgan fingerprint density at radius 1 is 1.40 bits per heavy atom. The first-order valence-corrected chi connectivity index (χ1v) is 4.14. The summed E-state index contributed by atoms with van der Waals surface area (Å²) in [5.41, 5.74) is 0. The number of carbonyl (C=O) groups is 1. The van der Waals surface area contributed by atoms with Gasteiger partial charge in [-0.05, 0) is 0 Å². The van der Waals surface area contributed by atoms with E-state index in [-0.39, 0.29) is 5.75 Å². The van der Waals surface area contributed by atoms with E-state index in [0.29, 0.717) is 0 Å². The average molecular weight is 164 g/mol. The minimum absolute atomic E-state index is 0.0833. The zero-order valence-electron chi connectivity index (χ0n) is 6.63. The Morgan fingerprint density at radius 3 is 1.70 bits per heavy atom. The van der Waals surface area contributed by atoms with E-state index in [0.717, 1.165) is 0 Å². The van der Waals surface area contributed by atoms with E-state index in [9.17, 15) is 4.79 Å². The Labute approximate surface area is 68.0 Å². The molecule has 0 rings (SSSR count). The van der Waals surface area contributed by atoms with Gasteiger partial charge in [-0.1, -0.05) is 33.1 Å². The topological polar surface area (TPSA) is 37.3 Å². The van der Waals surface area contributed by atoms with E-state index >= 15 is 0 Å². The molecule has 0 radical (unpaired) electrons. The highest BCUT2D eigenvalue weighted by Gasteiger charge is 1.81. The van der Waals surface area contributed by atoms with E-state index in [2.05, 4.69) is 26.5 Å². The van der Waals surface area contributed by atoms with E-state index in [1.54, 1.807) is 0 Å². The van der Waals surface area contributed by atoms with Crippen LogP contribution in [0.25, 0.3) is 0 Å². The second kappa shape index (κ2) is 11.6. The molecule has 0 aromatic heterocycles. The van der Waals surface area contributed by atoms with Gasteiger partial charge in [0.1, 0.15) is 0 Å². The molecule has 0 heterocycles. The summed E-state index contributed by atoms with van der Waals surface area (Å²) in [5, 5.41) is 7.65. The smallest absolute Gasteiger partial charge is 0.313 e. The predicted octanol–water partition coefficient (Wildman–Crippen LogP) is 2.20. The molecule has 10 heavy (non-hydrogen) atoms. The summed E-state index contributed by atoms with van der Waals surface area (Å²) in [5.74, 6) is -0.965. The van der Waals surface area contributed by atoms with Gasteiger partial charge in [-0.2, -0.15) is 12.6 Å². The Bertz CT molecular complexity index is 72.0. The highest BCUT2D eigenvalue weighted by molar-refractivity contribution is 7.81. The number of carboxylic acid groups (broad SMARTS) is 1. The number of hydrogen-bond donors (Lipinski definition) is 2. The van der Waals surface area contributed by atoms with Crippen LogP contribution in [0.1, 0.15) is 33.1 Å². The van der Waals surface area contributed by atoms with Crippen LogP contribution in [-0.2, 0) is 4.79 Å². The standard InChI is InChI=1S/C5H12.C2H4O2S/c1-3-5-4-2;3-2(4)1-5/h3-5H2,1-2H3;5H,1H2,(H,3,4). The number of thiol groups is 1. The molecule has 0 aromatic rings. The van der Waals surface area contributed by atoms with E-state index < -0.39 is 5.97 Å². The molecule has 0 bridgehead atoms. The summed E-state index contributed by atoms with van der Waals surface area (Å²) in [6.45, 7) is 4.42. The third-order valence-electron chi connectivity index (χ3n) is 0.842. The van der Waals surface area contributed by atoms with Crippen LogP contribution in [-0.4, -0.2) is 16.8 Å². The molecule has 1 N–H and O–H groups in total. The molecule has 0 saturated heterocycles. The maximum atomic E-state index is 9.29. The third kappa shape index (κ3) is 24.9. The molecule has 0 saturated carbocycles. The summed E-state index contributed by atoms with van der Waals surface area (Å²) in [4.78, 5) is 9.29. The maximum absolute atomic E-state index is 9.29. The molecule has 0 unspecified atom stereocenters. The van der Waals surface area contributed by atoms with Gasteiger partial charge in [0.05, 0.1) is 5.75 Å². The molecule has 0 aromatic carbocycles. The fourth-order valence-electron chi connectivity index (χ4n) is 0.354. The van der Waals surface area contributed by atoms with Gasteiger partial charge in [-0.15, -0.1) is 0 Å². The average Bonchev–Trinajstić information content (AvgIpc) is 1.91. The van der Waals surface area contributed by atoms with Crippen LogP contribution in [0.15, 0.2) is 0 Å². The van der Waals surface area contributed by atoms with Crippen molar-refractivity contribution >= 4 is 18.6 Å². The lowest BCUT2D eigenvalue weighted by Crippen LogP contribution is -1.92. The van der Waals surface area contributed by atoms with Crippen LogP contribution < -0.4 is 0 Å². The fourth-order valence-corrected chi connectivity index (χ4v) is 0.354. The third-order valence-corrected chi connectivity index (χ3v) is 1.11. The summed E-state index contributed by atoms with van der Waals surface area (Å²) in [7, 11) is 0. The molecule has 2 nitrogen and oxygen atoms in total. The molecular formula is C7H16O2S. The number of hydrogen-bond acceptors (Lipinski definition) is 2. The molecule has 0 aliphatic carbocycles. The van der Waals surface area contributed by atoms with Crippen LogP contribution in [0.5, 0.6) is 0 Å². The normalized spacial score (nSPS) is 7.90. The summed E-state index contributed by atoms with van der Waals surface area (Å²) < 4.78 is 0. The number of aliphatic carboxylic acids is 1. The molecule has 0 atom stereocenters. The molecule has 0 aliphatic rings. The van der Waals surface area contributed by atoms with Gasteiger partial charge in [-0.3, -0.25) is 4.79 Å². The zero-order chi connectivity index (χ0) is 8.41. The van der Waals surface area contributed by atoms with Gasteiger partial charge >= 0.3 is 5.97 Å². The molecule has 0 fully saturated rings. The fraction of sp³-hybridized carbons (Fsp3) is 0.857. The summed E-state index contributed by atoms with van der Waals surface area (Å²) in [6.07, 6.45) is 4.08. The first-order chi connectivity index (χ1) is 4.68. The van der Waals surface area contributed by atoms with Crippen molar-refractivity contribution < 1.29 is 9.90 Å². The van der Waals surface area contributed by atoms with Gasteiger partial charge in [0.15, 0.2) is 0 Å². The van der Waals surface area contributed by atoms with Crippen molar-refractivity contribution in [2.75, 3.05) is 5.75 Å². The molecule has 0 amide bonds. The Balaban J connectivity index is 0. The maximum Gasteiger partial charge on any atom is 0.313 e. The van der Waals surface area contributed by atoms with Crippen molar-refractivity contribution in [1.82, 2.24) is 0 Å². The highest BCUT2D eigenvalue weighted by Crippen LogP contribution is 1.88. The minimum Gasteiger partial charge on any atom is -0.481 e. The lowest BCUT2D eigenvalue weighted by molar-refractivity contribution is -0.133. The van der Waals surface area contributed by atoms with Gasteiger partial charge in [-0.25, -0.2) is 0 Å². The van der Waals surface area contributed by atoms with Crippen LogP contribution >= 0.6 is 12.6 Å². The van der Waals surface area contributed by atoms with E-state index in [1.165, 1.54) is 19.3 Å². The van der Waals surface area contributed by atoms with Crippen molar-refractivity contribution in [3.05, 3.63) is 0 Å². The van der Waals surface area contributed by atoms with E-state index in [4.69, 9.17) is 5.11 Å². The molecule has 0 spiro atoms. The SMILES string of the molecule is CCCCC.O=C(O)CS. The van der Waals surface area contributed by atoms with Crippen molar-refractivity contribution in [2.45, 2.75) is 33.1 Å². The van der Waals surface area contributed by atoms with Crippen molar-refractivity contribution in [3.8, 4) is 0 Å². The monoisotopic (exact) mass is 164 g/mol. The van der Waals surface area contributed by atoms with Gasteiger partial charge in [0.25, 0.3) is 0 Å². The number of unbranched alkanes of at least 4 members (excludes halogenated alkanes) is 2. The first-order valence-electron chi connectivity index (χ1n) is 3.51. The number of rotatable bonds is 3. The zero-order valence-corrected chi connectivity index (χ0v) is 7.53. The lowest BCUT2D eigenvalue weighted by Gasteiger charge is -1.79.